The van der Waals surface area contributed by atoms with Crippen LogP contribution in [0, 0.1) is 6.92 Å². The van der Waals surface area contributed by atoms with Crippen LogP contribution in [-0.4, -0.2) is 23.4 Å². The summed E-state index contributed by atoms with van der Waals surface area (Å²) in [6.07, 6.45) is 0. The summed E-state index contributed by atoms with van der Waals surface area (Å²) >= 11 is 5.43. The monoisotopic (exact) mass is 213 g/mol. The molecule has 0 aliphatic rings. The molecule has 0 bridgehead atoms. The number of hydrogen-bond acceptors (Lipinski definition) is 2. The molecule has 3 nitrogen and oxygen atoms in total. The summed E-state index contributed by atoms with van der Waals surface area (Å²) < 4.78 is 0. The molecule has 1 aromatic carbocycles. The lowest BCUT2D eigenvalue weighted by Gasteiger charge is -2.05. The van der Waals surface area contributed by atoms with Gasteiger partial charge >= 0.3 is 0 Å². The standard InChI is InChI=1S/C10H12ClNO2/c1-7-2-3-9(13)8(6-7)10(14)12-5-4-11/h2-3,6,13H,4-5H2,1H3,(H,12,14). The molecule has 4 heteroatoms. The van der Waals surface area contributed by atoms with Crippen LogP contribution in [0.1, 0.15) is 15.9 Å². The summed E-state index contributed by atoms with van der Waals surface area (Å²) in [6, 6.07) is 4.89. The van der Waals surface area contributed by atoms with Gasteiger partial charge in [-0.25, -0.2) is 0 Å². The molecule has 0 atom stereocenters. The van der Waals surface area contributed by atoms with Gasteiger partial charge in [0.2, 0.25) is 0 Å². The smallest absolute Gasteiger partial charge is 0.255 e. The minimum atomic E-state index is -0.299. The second-order valence-electron chi connectivity index (χ2n) is 2.97. The number of hydrogen-bond donors (Lipinski definition) is 2. The molecule has 0 unspecified atom stereocenters. The van der Waals surface area contributed by atoms with Gasteiger partial charge in [0.25, 0.3) is 5.91 Å². The van der Waals surface area contributed by atoms with E-state index in [0.29, 0.717) is 12.4 Å². The van der Waals surface area contributed by atoms with Crippen LogP contribution in [-0.2, 0) is 0 Å². The maximum atomic E-state index is 11.4. The third-order valence-corrected chi connectivity index (χ3v) is 1.97. The Morgan fingerprint density at radius 1 is 1.57 bits per heavy atom. The van der Waals surface area contributed by atoms with E-state index in [1.807, 2.05) is 6.92 Å². The summed E-state index contributed by atoms with van der Waals surface area (Å²) in [7, 11) is 0. The minimum Gasteiger partial charge on any atom is -0.507 e. The highest BCUT2D eigenvalue weighted by Crippen LogP contribution is 2.17. The average Bonchev–Trinajstić information content (AvgIpc) is 2.18. The van der Waals surface area contributed by atoms with Crippen molar-refractivity contribution in [2.24, 2.45) is 0 Å². The number of aromatic hydroxyl groups is 1. The molecule has 1 aromatic rings. The number of aryl methyl sites for hydroxylation is 1. The fourth-order valence-electron chi connectivity index (χ4n) is 1.09. The molecule has 76 valence electrons. The Hall–Kier alpha value is -1.22. The Labute approximate surface area is 87.7 Å². The highest BCUT2D eigenvalue weighted by atomic mass is 35.5. The molecule has 0 saturated heterocycles. The summed E-state index contributed by atoms with van der Waals surface area (Å²) in [4.78, 5) is 11.4. The van der Waals surface area contributed by atoms with Crippen molar-refractivity contribution in [1.82, 2.24) is 5.32 Å². The SMILES string of the molecule is Cc1ccc(O)c(C(=O)NCCCl)c1. The van der Waals surface area contributed by atoms with Gasteiger partial charge in [0, 0.05) is 12.4 Å². The molecular formula is C10H12ClNO2. The van der Waals surface area contributed by atoms with Gasteiger partial charge in [-0.15, -0.1) is 11.6 Å². The third-order valence-electron chi connectivity index (χ3n) is 1.78. The van der Waals surface area contributed by atoms with Crippen LogP contribution in [0.15, 0.2) is 18.2 Å². The molecular weight excluding hydrogens is 202 g/mol. The van der Waals surface area contributed by atoms with E-state index in [2.05, 4.69) is 5.32 Å². The number of halogens is 1. The van der Waals surface area contributed by atoms with E-state index in [-0.39, 0.29) is 17.2 Å². The fourth-order valence-corrected chi connectivity index (χ4v) is 1.18. The predicted octanol–water partition coefficient (Wildman–Crippen LogP) is 1.67. The summed E-state index contributed by atoms with van der Waals surface area (Å²) in [5.41, 5.74) is 1.22. The minimum absolute atomic E-state index is 0.0114. The Bertz CT molecular complexity index is 339. The van der Waals surface area contributed by atoms with Crippen molar-refractivity contribution >= 4 is 17.5 Å². The topological polar surface area (TPSA) is 49.3 Å². The molecule has 2 N–H and O–H groups in total. The largest absolute Gasteiger partial charge is 0.507 e. The molecule has 0 aliphatic heterocycles. The van der Waals surface area contributed by atoms with Crippen LogP contribution >= 0.6 is 11.6 Å². The number of nitrogens with one attached hydrogen (secondary N) is 1. The molecule has 1 rings (SSSR count). The Kier molecular flexibility index (Phi) is 3.77. The lowest BCUT2D eigenvalue weighted by Crippen LogP contribution is -2.25. The van der Waals surface area contributed by atoms with Gasteiger partial charge in [0.05, 0.1) is 5.56 Å². The normalized spacial score (nSPS) is 9.86. The van der Waals surface area contributed by atoms with E-state index in [4.69, 9.17) is 11.6 Å². The molecule has 1 amide bonds. The van der Waals surface area contributed by atoms with Crippen LogP contribution in [0.4, 0.5) is 0 Å². The van der Waals surface area contributed by atoms with Gasteiger partial charge in [-0.2, -0.15) is 0 Å². The summed E-state index contributed by atoms with van der Waals surface area (Å²) in [5, 5.41) is 12.0. The van der Waals surface area contributed by atoms with E-state index in [9.17, 15) is 9.90 Å². The molecule has 0 heterocycles. The first-order valence-electron chi connectivity index (χ1n) is 4.29. The zero-order chi connectivity index (χ0) is 10.6. The number of benzene rings is 1. The molecule has 0 aliphatic carbocycles. The number of phenolic OH excluding ortho intramolecular Hbond substituents is 1. The first-order chi connectivity index (χ1) is 6.65. The van der Waals surface area contributed by atoms with Crippen LogP contribution < -0.4 is 5.32 Å². The number of rotatable bonds is 3. The quantitative estimate of drug-likeness (QED) is 0.751. The second-order valence-corrected chi connectivity index (χ2v) is 3.34. The number of alkyl halides is 1. The number of carbonyl (C=O) groups is 1. The Morgan fingerprint density at radius 2 is 2.29 bits per heavy atom. The lowest BCUT2D eigenvalue weighted by molar-refractivity contribution is 0.0953. The van der Waals surface area contributed by atoms with Gasteiger partial charge in [0.15, 0.2) is 0 Å². The van der Waals surface area contributed by atoms with Gasteiger partial charge in [-0.05, 0) is 19.1 Å². The van der Waals surface area contributed by atoms with Crippen LogP contribution in [0.2, 0.25) is 0 Å². The van der Waals surface area contributed by atoms with Crippen LogP contribution in [0.5, 0.6) is 5.75 Å². The van der Waals surface area contributed by atoms with Gasteiger partial charge in [-0.1, -0.05) is 11.6 Å². The third kappa shape index (κ3) is 2.64. The maximum absolute atomic E-state index is 11.4. The zero-order valence-electron chi connectivity index (χ0n) is 7.88. The first-order valence-corrected chi connectivity index (χ1v) is 4.82. The molecule has 0 fully saturated rings. The predicted molar refractivity (Wildman–Crippen MR) is 55.9 cm³/mol. The lowest BCUT2D eigenvalue weighted by atomic mass is 10.1. The van der Waals surface area contributed by atoms with E-state index in [1.54, 1.807) is 12.1 Å². The number of amides is 1. The van der Waals surface area contributed by atoms with Crippen molar-refractivity contribution < 1.29 is 9.90 Å². The molecule has 0 aromatic heterocycles. The first kappa shape index (κ1) is 10.9. The molecule has 0 radical (unpaired) electrons. The molecule has 0 spiro atoms. The van der Waals surface area contributed by atoms with Crippen molar-refractivity contribution in [2.45, 2.75) is 6.92 Å². The number of carbonyl (C=O) groups excluding carboxylic acids is 1. The second kappa shape index (κ2) is 4.86. The van der Waals surface area contributed by atoms with E-state index >= 15 is 0 Å². The van der Waals surface area contributed by atoms with Crippen LogP contribution in [0.3, 0.4) is 0 Å². The van der Waals surface area contributed by atoms with Gasteiger partial charge < -0.3 is 10.4 Å². The Morgan fingerprint density at radius 3 is 2.93 bits per heavy atom. The highest BCUT2D eigenvalue weighted by molar-refractivity contribution is 6.18. The van der Waals surface area contributed by atoms with Gasteiger partial charge in [0.1, 0.15) is 5.75 Å². The summed E-state index contributed by atoms with van der Waals surface area (Å²) in [6.45, 7) is 2.26. The van der Waals surface area contributed by atoms with Crippen molar-refractivity contribution in [1.29, 1.82) is 0 Å². The zero-order valence-corrected chi connectivity index (χ0v) is 8.64. The maximum Gasteiger partial charge on any atom is 0.255 e. The average molecular weight is 214 g/mol. The summed E-state index contributed by atoms with van der Waals surface area (Å²) in [5.74, 6) is 0.0488. The van der Waals surface area contributed by atoms with E-state index in [0.717, 1.165) is 5.56 Å². The fraction of sp³-hybridized carbons (Fsp3) is 0.300. The van der Waals surface area contributed by atoms with Crippen molar-refractivity contribution in [2.75, 3.05) is 12.4 Å². The van der Waals surface area contributed by atoms with Gasteiger partial charge in [-0.3, -0.25) is 4.79 Å². The van der Waals surface area contributed by atoms with Crippen molar-refractivity contribution in [3.8, 4) is 5.75 Å². The van der Waals surface area contributed by atoms with Crippen LogP contribution in [0.25, 0.3) is 0 Å². The van der Waals surface area contributed by atoms with Crippen molar-refractivity contribution in [3.05, 3.63) is 29.3 Å². The van der Waals surface area contributed by atoms with E-state index in [1.165, 1.54) is 6.07 Å². The van der Waals surface area contributed by atoms with E-state index < -0.39 is 0 Å². The molecule has 14 heavy (non-hydrogen) atoms. The highest BCUT2D eigenvalue weighted by Gasteiger charge is 2.09. The van der Waals surface area contributed by atoms with Crippen molar-refractivity contribution in [3.63, 3.8) is 0 Å². The number of phenols is 1. The Balaban J connectivity index is 2.83. The molecule has 0 saturated carbocycles.